The third-order valence-corrected chi connectivity index (χ3v) is 7.60. The van der Waals surface area contributed by atoms with Crippen LogP contribution in [0.5, 0.6) is 0 Å². The zero-order chi connectivity index (χ0) is 24.5. The lowest BCUT2D eigenvalue weighted by molar-refractivity contribution is -0.0496. The molecule has 3 aromatic rings. The summed E-state index contributed by atoms with van der Waals surface area (Å²) in [5.41, 5.74) is 7.01. The summed E-state index contributed by atoms with van der Waals surface area (Å²) in [4.78, 5) is 2.78. The summed E-state index contributed by atoms with van der Waals surface area (Å²) in [6.07, 6.45) is 2.30. The standard InChI is InChI=1S/C22H19F3N6O2S/c23-22(24,25)34(32,33)30-8-6-18(7-9-30)31-14-20(17-3-1-2-15(10-17)12-26)19-5-4-16(11-21(19)31)13-28-29-27/h1-5,10-11,14,18H,6-9,13H2. The highest BCUT2D eigenvalue weighted by Crippen LogP contribution is 2.38. The van der Waals surface area contributed by atoms with Crippen molar-refractivity contribution in [3.63, 3.8) is 0 Å². The third-order valence-electron chi connectivity index (χ3n) is 5.97. The van der Waals surface area contributed by atoms with Crippen LogP contribution in [-0.4, -0.2) is 35.9 Å². The molecule has 0 N–H and O–H groups in total. The predicted molar refractivity (Wildman–Crippen MR) is 120 cm³/mol. The summed E-state index contributed by atoms with van der Waals surface area (Å²) in [5, 5.41) is 13.7. The van der Waals surface area contributed by atoms with Crippen LogP contribution in [0.4, 0.5) is 13.2 Å². The molecule has 0 spiro atoms. The molecule has 0 radical (unpaired) electrons. The van der Waals surface area contributed by atoms with E-state index in [1.54, 1.807) is 18.2 Å². The second-order valence-corrected chi connectivity index (χ2v) is 9.89. The van der Waals surface area contributed by atoms with E-state index < -0.39 is 15.5 Å². The van der Waals surface area contributed by atoms with E-state index in [1.165, 1.54) is 0 Å². The Morgan fingerprint density at radius 2 is 1.91 bits per heavy atom. The number of aromatic nitrogens is 1. The van der Waals surface area contributed by atoms with Crippen LogP contribution in [0.2, 0.25) is 0 Å². The van der Waals surface area contributed by atoms with Gasteiger partial charge < -0.3 is 4.57 Å². The Morgan fingerprint density at radius 3 is 2.56 bits per heavy atom. The van der Waals surface area contributed by atoms with Crippen molar-refractivity contribution >= 4 is 20.9 Å². The van der Waals surface area contributed by atoms with Crippen molar-refractivity contribution in [3.8, 4) is 17.2 Å². The average Bonchev–Trinajstić information content (AvgIpc) is 3.21. The van der Waals surface area contributed by atoms with Crippen LogP contribution in [0.15, 0.2) is 53.8 Å². The number of nitriles is 1. The molecule has 176 valence electrons. The molecular weight excluding hydrogens is 469 g/mol. The molecule has 2 aromatic carbocycles. The van der Waals surface area contributed by atoms with Gasteiger partial charge in [-0.25, -0.2) is 8.42 Å². The van der Waals surface area contributed by atoms with Crippen LogP contribution in [0.1, 0.15) is 30.0 Å². The number of nitrogens with zero attached hydrogens (tertiary/aromatic N) is 6. The van der Waals surface area contributed by atoms with Crippen molar-refractivity contribution in [2.24, 2.45) is 5.11 Å². The average molecular weight is 488 g/mol. The molecule has 1 saturated heterocycles. The number of alkyl halides is 3. The zero-order valence-corrected chi connectivity index (χ0v) is 18.6. The van der Waals surface area contributed by atoms with Gasteiger partial charge >= 0.3 is 15.5 Å². The number of piperidine rings is 1. The highest BCUT2D eigenvalue weighted by Gasteiger charge is 2.50. The van der Waals surface area contributed by atoms with Crippen LogP contribution in [0.3, 0.4) is 0 Å². The lowest BCUT2D eigenvalue weighted by Gasteiger charge is -2.32. The Morgan fingerprint density at radius 1 is 1.18 bits per heavy atom. The first-order valence-electron chi connectivity index (χ1n) is 10.4. The first-order valence-corrected chi connectivity index (χ1v) is 11.8. The highest BCUT2D eigenvalue weighted by molar-refractivity contribution is 7.90. The molecular formula is C22H19F3N6O2S. The summed E-state index contributed by atoms with van der Waals surface area (Å²) in [6, 6.07) is 14.5. The summed E-state index contributed by atoms with van der Waals surface area (Å²) in [7, 11) is -5.36. The van der Waals surface area contributed by atoms with Gasteiger partial charge in [0.05, 0.1) is 18.2 Å². The SMILES string of the molecule is N#Cc1cccc(-c2cn(C3CCN(S(=O)(=O)C(F)(F)F)CC3)c3cc(CN=[N+]=[N-])ccc23)c1. The molecule has 2 heterocycles. The van der Waals surface area contributed by atoms with E-state index in [4.69, 9.17) is 5.53 Å². The number of azide groups is 1. The lowest BCUT2D eigenvalue weighted by Crippen LogP contribution is -2.45. The highest BCUT2D eigenvalue weighted by atomic mass is 32.2. The Hall–Kier alpha value is -3.52. The molecule has 12 heteroatoms. The minimum Gasteiger partial charge on any atom is -0.344 e. The van der Waals surface area contributed by atoms with E-state index in [1.807, 2.05) is 35.0 Å². The van der Waals surface area contributed by atoms with Gasteiger partial charge in [-0.1, -0.05) is 29.4 Å². The van der Waals surface area contributed by atoms with Gasteiger partial charge in [0, 0.05) is 46.7 Å². The molecule has 1 aliphatic heterocycles. The molecule has 0 unspecified atom stereocenters. The van der Waals surface area contributed by atoms with Crippen molar-refractivity contribution in [1.29, 1.82) is 5.26 Å². The second-order valence-electron chi connectivity index (χ2n) is 7.96. The Bertz CT molecular complexity index is 1430. The topological polar surface area (TPSA) is 115 Å². The molecule has 34 heavy (non-hydrogen) atoms. The number of fused-ring (bicyclic) bond motifs is 1. The van der Waals surface area contributed by atoms with Gasteiger partial charge in [-0.2, -0.15) is 22.7 Å². The Kier molecular flexibility index (Phi) is 6.27. The minimum atomic E-state index is -5.36. The van der Waals surface area contributed by atoms with Crippen LogP contribution >= 0.6 is 0 Å². The molecule has 0 atom stereocenters. The predicted octanol–water partition coefficient (Wildman–Crippen LogP) is 5.48. The number of halogens is 3. The van der Waals surface area contributed by atoms with Crippen molar-refractivity contribution in [2.45, 2.75) is 30.9 Å². The van der Waals surface area contributed by atoms with Crippen molar-refractivity contribution in [3.05, 3.63) is 70.2 Å². The summed E-state index contributed by atoms with van der Waals surface area (Å²) in [6.45, 7) is -0.354. The van der Waals surface area contributed by atoms with Crippen LogP contribution in [-0.2, 0) is 16.6 Å². The lowest BCUT2D eigenvalue weighted by atomic mass is 10.0. The van der Waals surface area contributed by atoms with Crippen molar-refractivity contribution in [2.75, 3.05) is 13.1 Å². The van der Waals surface area contributed by atoms with Crippen LogP contribution in [0, 0.1) is 11.3 Å². The van der Waals surface area contributed by atoms with Gasteiger partial charge in [-0.15, -0.1) is 0 Å². The van der Waals surface area contributed by atoms with Gasteiger partial charge in [0.1, 0.15) is 0 Å². The molecule has 0 saturated carbocycles. The molecule has 1 aromatic heterocycles. The summed E-state index contributed by atoms with van der Waals surface area (Å²) < 4.78 is 64.9. The Balaban J connectivity index is 1.74. The first kappa shape index (κ1) is 23.6. The minimum absolute atomic E-state index is 0.138. The summed E-state index contributed by atoms with van der Waals surface area (Å²) in [5.74, 6) is 0. The molecule has 0 aliphatic carbocycles. The zero-order valence-electron chi connectivity index (χ0n) is 17.8. The van der Waals surface area contributed by atoms with Gasteiger partial charge in [-0.3, -0.25) is 0 Å². The molecule has 0 bridgehead atoms. The quantitative estimate of drug-likeness (QED) is 0.269. The van der Waals surface area contributed by atoms with Gasteiger partial charge in [0.25, 0.3) is 0 Å². The van der Waals surface area contributed by atoms with Crippen molar-refractivity contribution < 1.29 is 21.6 Å². The maximum Gasteiger partial charge on any atom is 0.511 e. The fourth-order valence-corrected chi connectivity index (χ4v) is 5.29. The van der Waals surface area contributed by atoms with Gasteiger partial charge in [0.2, 0.25) is 0 Å². The smallest absolute Gasteiger partial charge is 0.344 e. The molecule has 1 aliphatic rings. The number of hydrogen-bond acceptors (Lipinski definition) is 4. The number of rotatable bonds is 5. The molecule has 1 fully saturated rings. The summed E-state index contributed by atoms with van der Waals surface area (Å²) >= 11 is 0. The van der Waals surface area contributed by atoms with E-state index in [9.17, 15) is 26.9 Å². The van der Waals surface area contributed by atoms with Gasteiger partial charge in [-0.05, 0) is 47.7 Å². The first-order chi connectivity index (χ1) is 16.2. The number of hydrogen-bond donors (Lipinski definition) is 0. The molecule has 4 rings (SSSR count). The van der Waals surface area contributed by atoms with Crippen molar-refractivity contribution in [1.82, 2.24) is 8.87 Å². The van der Waals surface area contributed by atoms with E-state index in [2.05, 4.69) is 16.1 Å². The van der Waals surface area contributed by atoms with E-state index in [0.717, 1.165) is 27.6 Å². The van der Waals surface area contributed by atoms with E-state index in [-0.39, 0.29) is 38.5 Å². The maximum absolute atomic E-state index is 13.0. The second kappa shape index (κ2) is 9.02. The Labute approximate surface area is 193 Å². The van der Waals surface area contributed by atoms with Crippen LogP contribution < -0.4 is 0 Å². The fraction of sp³-hybridized carbons (Fsp3) is 0.318. The number of benzene rings is 2. The van der Waals surface area contributed by atoms with E-state index in [0.29, 0.717) is 9.87 Å². The maximum atomic E-state index is 13.0. The monoisotopic (exact) mass is 488 g/mol. The molecule has 0 amide bonds. The van der Waals surface area contributed by atoms with Gasteiger partial charge in [0.15, 0.2) is 0 Å². The fourth-order valence-electron chi connectivity index (χ4n) is 4.30. The normalized spacial score (nSPS) is 15.7. The third kappa shape index (κ3) is 4.33. The molecule has 8 nitrogen and oxygen atoms in total. The van der Waals surface area contributed by atoms with Crippen LogP contribution in [0.25, 0.3) is 32.5 Å². The number of sulfonamides is 1. The largest absolute Gasteiger partial charge is 0.511 e. The van der Waals surface area contributed by atoms with E-state index >= 15 is 0 Å².